The van der Waals surface area contributed by atoms with Gasteiger partial charge in [0, 0.05) is 13.0 Å². The molecule has 18 heavy (non-hydrogen) atoms. The van der Waals surface area contributed by atoms with Gasteiger partial charge < -0.3 is 14.2 Å². The molecule has 0 spiro atoms. The lowest BCUT2D eigenvalue weighted by Gasteiger charge is -2.29. The molecule has 0 saturated carbocycles. The Balaban J connectivity index is 1.65. The van der Waals surface area contributed by atoms with Crippen LogP contribution in [0.5, 0.6) is 0 Å². The van der Waals surface area contributed by atoms with Crippen molar-refractivity contribution in [3.05, 3.63) is 48.2 Å². The van der Waals surface area contributed by atoms with Gasteiger partial charge in [0.25, 0.3) is 0 Å². The molecule has 0 radical (unpaired) electrons. The predicted molar refractivity (Wildman–Crippen MR) is 69.9 cm³/mol. The minimum absolute atomic E-state index is 0.164. The molecule has 1 aromatic rings. The number of rotatable bonds is 5. The second-order valence-corrected chi connectivity index (χ2v) is 4.51. The maximum Gasteiger partial charge on any atom is 0.196 e. The number of hydrogen-bond acceptors (Lipinski definition) is 3. The first kappa shape index (κ1) is 13.1. The van der Waals surface area contributed by atoms with Gasteiger partial charge in [-0.05, 0) is 18.9 Å². The first-order valence-electron chi connectivity index (χ1n) is 6.35. The zero-order valence-electron chi connectivity index (χ0n) is 10.8. The van der Waals surface area contributed by atoms with E-state index in [1.54, 1.807) is 0 Å². The average molecular weight is 248 g/mol. The van der Waals surface area contributed by atoms with E-state index in [-0.39, 0.29) is 12.4 Å². The Kier molecular flexibility index (Phi) is 4.79. The predicted octanol–water partition coefficient (Wildman–Crippen LogP) is 3.26. The van der Waals surface area contributed by atoms with E-state index < -0.39 is 0 Å². The Labute approximate surface area is 108 Å². The van der Waals surface area contributed by atoms with Crippen LogP contribution < -0.4 is 0 Å². The van der Waals surface area contributed by atoms with E-state index in [4.69, 9.17) is 14.2 Å². The lowest BCUT2D eigenvalue weighted by Crippen LogP contribution is -2.29. The van der Waals surface area contributed by atoms with Crippen LogP contribution in [0.4, 0.5) is 0 Å². The van der Waals surface area contributed by atoms with Gasteiger partial charge in [-0.25, -0.2) is 0 Å². The highest BCUT2D eigenvalue weighted by atomic mass is 16.7. The minimum Gasteiger partial charge on any atom is -0.470 e. The molecule has 98 valence electrons. The van der Waals surface area contributed by atoms with Crippen LogP contribution in [0.25, 0.3) is 0 Å². The monoisotopic (exact) mass is 248 g/mol. The number of ether oxygens (including phenoxy) is 3. The van der Waals surface area contributed by atoms with Crippen LogP contribution in [0.2, 0.25) is 0 Å². The molecule has 1 fully saturated rings. The molecule has 0 bridgehead atoms. The third-order valence-electron chi connectivity index (χ3n) is 2.87. The zero-order chi connectivity index (χ0) is 12.8. The molecule has 0 unspecified atom stereocenters. The van der Waals surface area contributed by atoms with Crippen LogP contribution in [0.15, 0.2) is 42.7 Å². The summed E-state index contributed by atoms with van der Waals surface area (Å²) in [6, 6.07) is 10.2. The lowest BCUT2D eigenvalue weighted by atomic mass is 10.1. The van der Waals surface area contributed by atoms with Crippen molar-refractivity contribution in [2.75, 3.05) is 6.61 Å². The molecule has 3 heteroatoms. The Bertz CT molecular complexity index is 375. The van der Waals surface area contributed by atoms with E-state index in [9.17, 15) is 0 Å². The van der Waals surface area contributed by atoms with Crippen molar-refractivity contribution in [1.82, 2.24) is 0 Å². The number of hydrogen-bond donors (Lipinski definition) is 0. The van der Waals surface area contributed by atoms with Gasteiger partial charge in [0.15, 0.2) is 6.29 Å². The van der Waals surface area contributed by atoms with Gasteiger partial charge in [-0.3, -0.25) is 0 Å². The van der Waals surface area contributed by atoms with Crippen LogP contribution in [0.1, 0.15) is 25.3 Å². The van der Waals surface area contributed by atoms with Crippen LogP contribution in [-0.2, 0) is 20.8 Å². The molecule has 2 atom stereocenters. The van der Waals surface area contributed by atoms with Crippen LogP contribution >= 0.6 is 0 Å². The van der Waals surface area contributed by atoms with Crippen molar-refractivity contribution < 1.29 is 14.2 Å². The smallest absolute Gasteiger partial charge is 0.196 e. The molecule has 1 heterocycles. The lowest BCUT2D eigenvalue weighted by molar-refractivity contribution is -0.177. The Morgan fingerprint density at radius 3 is 2.83 bits per heavy atom. The van der Waals surface area contributed by atoms with E-state index in [1.165, 1.54) is 5.56 Å². The van der Waals surface area contributed by atoms with Crippen LogP contribution in [-0.4, -0.2) is 19.0 Å². The van der Waals surface area contributed by atoms with Crippen molar-refractivity contribution in [2.24, 2.45) is 0 Å². The van der Waals surface area contributed by atoms with Crippen molar-refractivity contribution in [3.8, 4) is 0 Å². The van der Waals surface area contributed by atoms with Gasteiger partial charge in [0.05, 0.1) is 18.5 Å². The maximum atomic E-state index is 5.65. The van der Waals surface area contributed by atoms with Crippen molar-refractivity contribution in [3.63, 3.8) is 0 Å². The van der Waals surface area contributed by atoms with E-state index >= 15 is 0 Å². The summed E-state index contributed by atoms with van der Waals surface area (Å²) in [6.45, 7) is 7.09. The highest BCUT2D eigenvalue weighted by Gasteiger charge is 2.22. The Morgan fingerprint density at radius 2 is 2.11 bits per heavy atom. The Morgan fingerprint density at radius 1 is 1.33 bits per heavy atom. The second-order valence-electron chi connectivity index (χ2n) is 4.51. The molecule has 0 N–H and O–H groups in total. The molecule has 1 aromatic carbocycles. The normalized spacial score (nSPS) is 23.7. The largest absolute Gasteiger partial charge is 0.470 e. The third kappa shape index (κ3) is 4.17. The standard InChI is InChI=1S/C15H20O3/c1-12-10-15(18-13(2)17-12)8-9-16-11-14-6-4-3-5-7-14/h3-7,13,15H,1,8-11H2,2H3/t13-,15+/m0/s1. The summed E-state index contributed by atoms with van der Waals surface area (Å²) in [5, 5.41) is 0. The molecular formula is C15H20O3. The van der Waals surface area contributed by atoms with Gasteiger partial charge in [-0.1, -0.05) is 36.9 Å². The highest BCUT2D eigenvalue weighted by Crippen LogP contribution is 2.22. The molecule has 0 aromatic heterocycles. The molecule has 3 nitrogen and oxygen atoms in total. The molecule has 0 aliphatic carbocycles. The first-order valence-corrected chi connectivity index (χ1v) is 6.35. The minimum atomic E-state index is -0.189. The topological polar surface area (TPSA) is 27.7 Å². The quantitative estimate of drug-likeness (QED) is 0.749. The summed E-state index contributed by atoms with van der Waals surface area (Å²) in [5.74, 6) is 0.807. The fraction of sp³-hybridized carbons (Fsp3) is 0.467. The SMILES string of the molecule is C=C1C[C@@H](CCOCc2ccccc2)O[C@@H](C)O1. The van der Waals surface area contributed by atoms with Crippen LogP contribution in [0, 0.1) is 0 Å². The summed E-state index contributed by atoms with van der Waals surface area (Å²) in [5.41, 5.74) is 1.20. The van der Waals surface area contributed by atoms with E-state index in [2.05, 4.69) is 18.7 Å². The molecular weight excluding hydrogens is 228 g/mol. The Hall–Kier alpha value is -1.32. The fourth-order valence-electron chi connectivity index (χ4n) is 2.03. The molecule has 0 amide bonds. The van der Waals surface area contributed by atoms with Crippen molar-refractivity contribution >= 4 is 0 Å². The zero-order valence-corrected chi connectivity index (χ0v) is 10.8. The maximum absolute atomic E-state index is 5.65. The van der Waals surface area contributed by atoms with Gasteiger partial charge in [0.2, 0.25) is 0 Å². The third-order valence-corrected chi connectivity index (χ3v) is 2.87. The van der Waals surface area contributed by atoms with E-state index in [0.717, 1.165) is 18.6 Å². The summed E-state index contributed by atoms with van der Waals surface area (Å²) in [7, 11) is 0. The summed E-state index contributed by atoms with van der Waals surface area (Å²) >= 11 is 0. The van der Waals surface area contributed by atoms with Crippen LogP contribution in [0.3, 0.4) is 0 Å². The molecule has 1 saturated heterocycles. The van der Waals surface area contributed by atoms with Gasteiger partial charge in [-0.2, -0.15) is 0 Å². The molecule has 1 aliphatic heterocycles. The second kappa shape index (κ2) is 6.57. The summed E-state index contributed by atoms with van der Waals surface area (Å²) in [6.07, 6.45) is 1.61. The number of benzene rings is 1. The summed E-state index contributed by atoms with van der Waals surface area (Å²) in [4.78, 5) is 0. The van der Waals surface area contributed by atoms with Gasteiger partial charge in [-0.15, -0.1) is 0 Å². The molecule has 1 aliphatic rings. The van der Waals surface area contributed by atoms with Crippen molar-refractivity contribution in [2.45, 2.75) is 38.8 Å². The van der Waals surface area contributed by atoms with E-state index in [1.807, 2.05) is 25.1 Å². The van der Waals surface area contributed by atoms with Crippen molar-refractivity contribution in [1.29, 1.82) is 0 Å². The van der Waals surface area contributed by atoms with E-state index in [0.29, 0.717) is 13.2 Å². The average Bonchev–Trinajstić information content (AvgIpc) is 2.35. The fourth-order valence-corrected chi connectivity index (χ4v) is 2.03. The molecule has 2 rings (SSSR count). The highest BCUT2D eigenvalue weighted by molar-refractivity contribution is 5.13. The summed E-state index contributed by atoms with van der Waals surface area (Å²) < 4.78 is 16.6. The first-order chi connectivity index (χ1) is 8.74. The van der Waals surface area contributed by atoms with Gasteiger partial charge in [0.1, 0.15) is 0 Å². The van der Waals surface area contributed by atoms with Gasteiger partial charge >= 0.3 is 0 Å².